The minimum atomic E-state index is -4.36. The van der Waals surface area contributed by atoms with Gasteiger partial charge in [0.25, 0.3) is 15.9 Å². The molecule has 4 heterocycles. The average Bonchev–Trinajstić information content (AvgIpc) is 3.53. The van der Waals surface area contributed by atoms with E-state index < -0.39 is 57.3 Å². The summed E-state index contributed by atoms with van der Waals surface area (Å²) < 4.78 is 47.5. The van der Waals surface area contributed by atoms with Crippen molar-refractivity contribution in [2.45, 2.75) is 121 Å². The van der Waals surface area contributed by atoms with E-state index in [4.69, 9.17) is 24.2 Å². The molecule has 1 saturated heterocycles. The van der Waals surface area contributed by atoms with Crippen LogP contribution in [0.1, 0.15) is 91.9 Å². The van der Waals surface area contributed by atoms with E-state index >= 15 is 0 Å². The maximum absolute atomic E-state index is 14.8. The summed E-state index contributed by atoms with van der Waals surface area (Å²) in [4.78, 5) is 67.6. The fourth-order valence-corrected chi connectivity index (χ4v) is 11.1. The molecule has 18 heteroatoms. The highest BCUT2D eigenvalue weighted by atomic mass is 32.2. The number of methoxy groups -OCH3 is 2. The lowest BCUT2D eigenvalue weighted by atomic mass is 9.93. The molecule has 3 amide bonds. The summed E-state index contributed by atoms with van der Waals surface area (Å²) in [5, 5.41) is 12.8. The SMILES string of the molecule is COC(=O)[C@@H](CC(=O)N1C[C@H](Oc2cc(-c3csc(NC(C)C)n3)nc3cc(OC)ccc23)C[C@H]1C(=O)N[C@]12C[C@H]1CCCCCCCNc1ccccc1S(=O)(=O)NC2=O)CC(C)C. The van der Waals surface area contributed by atoms with Gasteiger partial charge in [-0.3, -0.25) is 19.2 Å². The van der Waals surface area contributed by atoms with E-state index in [2.05, 4.69) is 20.7 Å². The number of anilines is 2. The van der Waals surface area contributed by atoms with Gasteiger partial charge >= 0.3 is 5.97 Å². The number of fused-ring (bicyclic) bond motifs is 3. The van der Waals surface area contributed by atoms with Gasteiger partial charge in [0.15, 0.2) is 5.13 Å². The average molecular weight is 932 g/mol. The number of hydrogen-bond acceptors (Lipinski definition) is 14. The van der Waals surface area contributed by atoms with Crippen molar-refractivity contribution < 1.29 is 41.8 Å². The Labute approximate surface area is 385 Å². The number of sulfonamides is 1. The predicted molar refractivity (Wildman–Crippen MR) is 249 cm³/mol. The maximum atomic E-state index is 14.8. The fourth-order valence-electron chi connectivity index (χ4n) is 9.00. The molecule has 1 aliphatic carbocycles. The van der Waals surface area contributed by atoms with Gasteiger partial charge in [0.05, 0.1) is 43.6 Å². The standard InChI is InChI=1S/C47H61N7O9S2/c1-28(2)20-30(44(57)62-6)21-42(55)54-26-33(63-40-24-37(38-27-64-46(51-38)49-29(3)4)50-36-22-32(61-5)17-18-34(36)40)23-39(54)43(56)52-47-25-31(47)14-10-8-7-9-13-19-48-35-15-11-12-16-41(35)65(59,60)53-45(47)58/h11-12,15-18,22,24,27-31,33,39,48H,7-10,13-14,19-21,23,25-26H2,1-6H3,(H,49,51)(H,52,56)(H,53,58)/t30-,31-,33-,39+,47-/m1/s1. The van der Waals surface area contributed by atoms with Crippen molar-refractivity contribution in [1.82, 2.24) is 24.9 Å². The van der Waals surface area contributed by atoms with Gasteiger partial charge in [-0.2, -0.15) is 0 Å². The highest BCUT2D eigenvalue weighted by Crippen LogP contribution is 2.48. The van der Waals surface area contributed by atoms with Gasteiger partial charge in [0.1, 0.15) is 39.8 Å². The monoisotopic (exact) mass is 931 g/mol. The molecule has 0 unspecified atom stereocenters. The molecule has 2 aromatic heterocycles. The number of hydrogen-bond donors (Lipinski definition) is 4. The van der Waals surface area contributed by atoms with Gasteiger partial charge in [0.2, 0.25) is 11.8 Å². The molecule has 0 bridgehead atoms. The first-order chi connectivity index (χ1) is 31.1. The second kappa shape index (κ2) is 20.4. The zero-order valence-electron chi connectivity index (χ0n) is 38.0. The van der Waals surface area contributed by atoms with Gasteiger partial charge in [-0.25, -0.2) is 23.1 Å². The topological polar surface area (TPSA) is 207 Å². The third-order valence-electron chi connectivity index (χ3n) is 12.4. The number of likely N-dealkylation sites (tertiary alicyclic amines) is 1. The maximum Gasteiger partial charge on any atom is 0.309 e. The number of pyridine rings is 1. The van der Waals surface area contributed by atoms with Gasteiger partial charge in [-0.15, -0.1) is 11.3 Å². The Balaban J connectivity index is 1.21. The molecule has 4 aromatic rings. The molecule has 0 radical (unpaired) electrons. The lowest BCUT2D eigenvalue weighted by Crippen LogP contribution is -2.56. The molecule has 3 aliphatic rings. The molecule has 65 heavy (non-hydrogen) atoms. The second-order valence-corrected chi connectivity index (χ2v) is 20.6. The minimum Gasteiger partial charge on any atom is -0.497 e. The van der Waals surface area contributed by atoms with Crippen molar-refractivity contribution in [3.05, 3.63) is 53.9 Å². The minimum absolute atomic E-state index is 0.0122. The molecule has 5 atom stereocenters. The Morgan fingerprint density at radius 1 is 0.985 bits per heavy atom. The lowest BCUT2D eigenvalue weighted by molar-refractivity contribution is -0.150. The van der Waals surface area contributed by atoms with Gasteiger partial charge in [-0.1, -0.05) is 51.7 Å². The lowest BCUT2D eigenvalue weighted by Gasteiger charge is -2.28. The Morgan fingerprint density at radius 2 is 1.75 bits per heavy atom. The number of benzene rings is 2. The molecule has 2 fully saturated rings. The van der Waals surface area contributed by atoms with Crippen LogP contribution in [0.3, 0.4) is 0 Å². The number of thiazole rings is 1. The summed E-state index contributed by atoms with van der Waals surface area (Å²) in [5.74, 6) is -2.38. The van der Waals surface area contributed by atoms with Crippen LogP contribution in [-0.2, 0) is 33.9 Å². The summed E-state index contributed by atoms with van der Waals surface area (Å²) in [6.45, 7) is 8.53. The molecule has 16 nitrogen and oxygen atoms in total. The number of nitrogens with one attached hydrogen (secondary N) is 4. The van der Waals surface area contributed by atoms with E-state index in [0.717, 1.165) is 37.2 Å². The van der Waals surface area contributed by atoms with Crippen LogP contribution in [0, 0.1) is 17.8 Å². The first-order valence-corrected chi connectivity index (χ1v) is 24.9. The summed E-state index contributed by atoms with van der Waals surface area (Å²) in [5.41, 5.74) is 0.615. The van der Waals surface area contributed by atoms with Gasteiger partial charge in [-0.05, 0) is 75.6 Å². The van der Waals surface area contributed by atoms with Crippen molar-refractivity contribution >= 4 is 66.8 Å². The molecule has 350 valence electrons. The molecule has 1 saturated carbocycles. The Morgan fingerprint density at radius 3 is 2.51 bits per heavy atom. The van der Waals surface area contributed by atoms with Crippen LogP contribution in [0.4, 0.5) is 10.8 Å². The summed E-state index contributed by atoms with van der Waals surface area (Å²) in [6, 6.07) is 12.7. The number of nitrogens with zero attached hydrogens (tertiary/aromatic N) is 3. The van der Waals surface area contributed by atoms with E-state index in [9.17, 15) is 27.6 Å². The van der Waals surface area contributed by atoms with Crippen molar-refractivity contribution in [1.29, 1.82) is 0 Å². The molecule has 0 spiro atoms. The highest BCUT2D eigenvalue weighted by molar-refractivity contribution is 7.90. The van der Waals surface area contributed by atoms with Crippen LogP contribution in [-0.4, -0.2) is 98.0 Å². The van der Waals surface area contributed by atoms with Gasteiger partial charge < -0.3 is 35.1 Å². The van der Waals surface area contributed by atoms with Crippen LogP contribution in [0.15, 0.2) is 58.8 Å². The van der Waals surface area contributed by atoms with Crippen molar-refractivity contribution in [3.8, 4) is 22.9 Å². The van der Waals surface area contributed by atoms with Crippen LogP contribution in [0.25, 0.3) is 22.3 Å². The summed E-state index contributed by atoms with van der Waals surface area (Å²) >= 11 is 1.45. The summed E-state index contributed by atoms with van der Waals surface area (Å²) in [6.07, 6.45) is 4.87. The number of esters is 1. The third kappa shape index (κ3) is 11.1. The Bertz CT molecular complexity index is 2500. The van der Waals surface area contributed by atoms with Gasteiger partial charge in [0, 0.05) is 48.3 Å². The molecule has 2 aliphatic heterocycles. The number of rotatable bonds is 13. The first kappa shape index (κ1) is 47.5. The molecular formula is C47H61N7O9S2. The van der Waals surface area contributed by atoms with E-state index in [1.54, 1.807) is 43.5 Å². The first-order valence-electron chi connectivity index (χ1n) is 22.6. The highest BCUT2D eigenvalue weighted by Gasteiger charge is 2.62. The number of aromatic nitrogens is 2. The molecule has 7 rings (SSSR count). The number of ether oxygens (including phenoxy) is 3. The number of carbonyl (C=O) groups is 4. The fraction of sp³-hybridized carbons (Fsp3) is 0.532. The zero-order chi connectivity index (χ0) is 46.5. The summed E-state index contributed by atoms with van der Waals surface area (Å²) in [7, 11) is -1.51. The normalized spacial score (nSPS) is 22.6. The van der Waals surface area contributed by atoms with Crippen LogP contribution >= 0.6 is 11.3 Å². The Hall–Kier alpha value is -5.49. The molecular weight excluding hydrogens is 871 g/mol. The molecule has 2 aromatic carbocycles. The molecule has 4 N–H and O–H groups in total. The van der Waals surface area contributed by atoms with E-state index in [1.165, 1.54) is 29.4 Å². The number of amides is 3. The Kier molecular flexibility index (Phi) is 14.9. The van der Waals surface area contributed by atoms with Crippen LogP contribution in [0.2, 0.25) is 0 Å². The predicted octanol–water partition coefficient (Wildman–Crippen LogP) is 6.91. The van der Waals surface area contributed by atoms with Crippen LogP contribution in [0.5, 0.6) is 11.5 Å². The quantitative estimate of drug-likeness (QED) is 0.101. The third-order valence-corrected chi connectivity index (χ3v) is 14.5. The van der Waals surface area contributed by atoms with E-state index in [-0.39, 0.29) is 48.6 Å². The van der Waals surface area contributed by atoms with Crippen molar-refractivity contribution in [2.24, 2.45) is 17.8 Å². The van der Waals surface area contributed by atoms with Crippen molar-refractivity contribution in [2.75, 3.05) is 37.9 Å². The largest absolute Gasteiger partial charge is 0.497 e. The van der Waals surface area contributed by atoms with Crippen LogP contribution < -0.4 is 30.1 Å². The van der Waals surface area contributed by atoms with Crippen molar-refractivity contribution in [3.63, 3.8) is 0 Å². The van der Waals surface area contributed by atoms with E-state index in [1.807, 2.05) is 39.1 Å². The number of carbonyl (C=O) groups excluding carboxylic acids is 4. The smallest absolute Gasteiger partial charge is 0.309 e. The number of para-hydroxylation sites is 1. The zero-order valence-corrected chi connectivity index (χ0v) is 39.6. The van der Waals surface area contributed by atoms with E-state index in [0.29, 0.717) is 58.9 Å². The second-order valence-electron chi connectivity index (χ2n) is 18.1.